The van der Waals surface area contributed by atoms with Gasteiger partial charge in [0.05, 0.1) is 7.11 Å². The number of ether oxygens (including phenoxy) is 1. The minimum atomic E-state index is 0.482. The minimum absolute atomic E-state index is 0.482. The predicted molar refractivity (Wildman–Crippen MR) is 71.9 cm³/mol. The zero-order valence-electron chi connectivity index (χ0n) is 11.0. The summed E-state index contributed by atoms with van der Waals surface area (Å²) in [7, 11) is 1.75. The van der Waals surface area contributed by atoms with Crippen LogP contribution in [-0.2, 0) is 0 Å². The average Bonchev–Trinajstić information content (AvgIpc) is 2.30. The van der Waals surface area contributed by atoms with Crippen LogP contribution in [0.2, 0.25) is 0 Å². The van der Waals surface area contributed by atoms with E-state index in [4.69, 9.17) is 4.74 Å². The highest BCUT2D eigenvalue weighted by Crippen LogP contribution is 2.33. The maximum atomic E-state index is 5.52. The second-order valence-electron chi connectivity index (χ2n) is 4.39. The third-order valence-corrected chi connectivity index (χ3v) is 3.54. The lowest BCUT2D eigenvalue weighted by molar-refractivity contribution is 0.353. The van der Waals surface area contributed by atoms with Crippen molar-refractivity contribution >= 4 is 5.69 Å². The molecule has 17 heavy (non-hydrogen) atoms. The monoisotopic (exact) mass is 234 g/mol. The quantitative estimate of drug-likeness (QED) is 0.847. The summed E-state index contributed by atoms with van der Waals surface area (Å²) < 4.78 is 5.52. The van der Waals surface area contributed by atoms with Gasteiger partial charge in [-0.25, -0.2) is 0 Å². The van der Waals surface area contributed by atoms with Crippen LogP contribution in [0, 0.1) is 0 Å². The van der Waals surface area contributed by atoms with E-state index in [0.29, 0.717) is 6.04 Å². The molecule has 1 saturated heterocycles. The van der Waals surface area contributed by atoms with Crippen molar-refractivity contribution in [3.8, 4) is 5.75 Å². The number of anilines is 1. The molecule has 1 aliphatic heterocycles. The molecule has 1 aliphatic rings. The van der Waals surface area contributed by atoms with Gasteiger partial charge in [0.2, 0.25) is 0 Å². The molecule has 1 fully saturated rings. The van der Waals surface area contributed by atoms with Crippen LogP contribution in [0.15, 0.2) is 18.2 Å². The number of nitrogens with zero attached hydrogens (tertiary/aromatic N) is 1. The summed E-state index contributed by atoms with van der Waals surface area (Å²) in [6.45, 7) is 7.53. The van der Waals surface area contributed by atoms with E-state index in [1.54, 1.807) is 7.11 Å². The van der Waals surface area contributed by atoms with Crippen LogP contribution in [0.4, 0.5) is 5.69 Å². The van der Waals surface area contributed by atoms with Crippen LogP contribution >= 0.6 is 0 Å². The molecule has 0 bridgehead atoms. The van der Waals surface area contributed by atoms with Gasteiger partial charge in [-0.15, -0.1) is 0 Å². The van der Waals surface area contributed by atoms with E-state index in [1.807, 2.05) is 0 Å². The highest BCUT2D eigenvalue weighted by Gasteiger charge is 2.22. The van der Waals surface area contributed by atoms with Gasteiger partial charge in [0.15, 0.2) is 0 Å². The Hall–Kier alpha value is -1.22. The van der Waals surface area contributed by atoms with Gasteiger partial charge in [-0.1, -0.05) is 6.07 Å². The SMILES string of the molecule is CCN(CC)c1ccc(C2CCN2)c(OC)c1. The van der Waals surface area contributed by atoms with Gasteiger partial charge in [0.25, 0.3) is 0 Å². The fraction of sp³-hybridized carbons (Fsp3) is 0.571. The van der Waals surface area contributed by atoms with E-state index in [9.17, 15) is 0 Å². The molecule has 1 atom stereocenters. The molecule has 3 nitrogen and oxygen atoms in total. The molecule has 0 spiro atoms. The molecule has 94 valence electrons. The van der Waals surface area contributed by atoms with E-state index in [2.05, 4.69) is 42.3 Å². The molecular formula is C14H22N2O. The number of benzene rings is 1. The summed E-state index contributed by atoms with van der Waals surface area (Å²) in [5.74, 6) is 1.01. The van der Waals surface area contributed by atoms with Gasteiger partial charge < -0.3 is 15.0 Å². The van der Waals surface area contributed by atoms with Crippen LogP contribution in [-0.4, -0.2) is 26.7 Å². The Morgan fingerprint density at radius 1 is 1.35 bits per heavy atom. The number of rotatable bonds is 5. The summed E-state index contributed by atoms with van der Waals surface area (Å²) >= 11 is 0. The molecule has 1 N–H and O–H groups in total. The van der Waals surface area contributed by atoms with Crippen molar-refractivity contribution in [2.75, 3.05) is 31.6 Å². The van der Waals surface area contributed by atoms with Gasteiger partial charge >= 0.3 is 0 Å². The van der Waals surface area contributed by atoms with E-state index in [-0.39, 0.29) is 0 Å². The molecule has 3 heteroatoms. The van der Waals surface area contributed by atoms with Crippen LogP contribution in [0.5, 0.6) is 5.75 Å². The largest absolute Gasteiger partial charge is 0.496 e. The van der Waals surface area contributed by atoms with Crippen LogP contribution in [0.3, 0.4) is 0 Å². The minimum Gasteiger partial charge on any atom is -0.496 e. The fourth-order valence-corrected chi connectivity index (χ4v) is 2.33. The molecular weight excluding hydrogens is 212 g/mol. The van der Waals surface area contributed by atoms with Crippen molar-refractivity contribution in [2.24, 2.45) is 0 Å². The lowest BCUT2D eigenvalue weighted by Gasteiger charge is -2.30. The van der Waals surface area contributed by atoms with Crippen LogP contribution in [0.1, 0.15) is 31.9 Å². The third-order valence-electron chi connectivity index (χ3n) is 3.54. The Morgan fingerprint density at radius 3 is 2.53 bits per heavy atom. The summed E-state index contributed by atoms with van der Waals surface area (Å²) in [4.78, 5) is 2.33. The Balaban J connectivity index is 2.26. The fourth-order valence-electron chi connectivity index (χ4n) is 2.33. The van der Waals surface area contributed by atoms with Crippen molar-refractivity contribution in [2.45, 2.75) is 26.3 Å². The molecule has 1 aromatic carbocycles. The Bertz CT molecular complexity index is 370. The summed E-state index contributed by atoms with van der Waals surface area (Å²) in [5, 5.41) is 3.42. The molecule has 1 aromatic rings. The molecule has 0 radical (unpaired) electrons. The number of hydrogen-bond donors (Lipinski definition) is 1. The zero-order valence-corrected chi connectivity index (χ0v) is 11.0. The third kappa shape index (κ3) is 2.39. The molecule has 0 aromatic heterocycles. The Labute approximate surface area is 104 Å². The van der Waals surface area contributed by atoms with Crippen molar-refractivity contribution in [1.82, 2.24) is 5.32 Å². The Kier molecular flexibility index (Phi) is 3.89. The first-order valence-electron chi connectivity index (χ1n) is 6.46. The van der Waals surface area contributed by atoms with Gasteiger partial charge in [-0.2, -0.15) is 0 Å². The zero-order chi connectivity index (χ0) is 12.3. The van der Waals surface area contributed by atoms with Gasteiger partial charge in [-0.3, -0.25) is 0 Å². The second kappa shape index (κ2) is 5.41. The summed E-state index contributed by atoms with van der Waals surface area (Å²) in [6.07, 6.45) is 1.21. The van der Waals surface area contributed by atoms with Crippen LogP contribution < -0.4 is 15.0 Å². The van der Waals surface area contributed by atoms with E-state index < -0.39 is 0 Å². The number of hydrogen-bond acceptors (Lipinski definition) is 3. The Morgan fingerprint density at radius 2 is 2.06 bits per heavy atom. The van der Waals surface area contributed by atoms with E-state index in [0.717, 1.165) is 25.4 Å². The van der Waals surface area contributed by atoms with Crippen molar-refractivity contribution in [1.29, 1.82) is 0 Å². The topological polar surface area (TPSA) is 24.5 Å². The van der Waals surface area contributed by atoms with E-state index >= 15 is 0 Å². The number of methoxy groups -OCH3 is 1. The first-order valence-corrected chi connectivity index (χ1v) is 6.46. The highest BCUT2D eigenvalue weighted by molar-refractivity contribution is 5.54. The van der Waals surface area contributed by atoms with Crippen molar-refractivity contribution in [3.63, 3.8) is 0 Å². The van der Waals surface area contributed by atoms with Crippen molar-refractivity contribution in [3.05, 3.63) is 23.8 Å². The molecule has 1 heterocycles. The molecule has 0 amide bonds. The van der Waals surface area contributed by atoms with Crippen molar-refractivity contribution < 1.29 is 4.74 Å². The highest BCUT2D eigenvalue weighted by atomic mass is 16.5. The van der Waals surface area contributed by atoms with E-state index in [1.165, 1.54) is 17.7 Å². The van der Waals surface area contributed by atoms with Gasteiger partial charge in [0.1, 0.15) is 5.75 Å². The standard InChI is InChI=1S/C14H22N2O/c1-4-16(5-2)11-6-7-12(13-8-9-15-13)14(10-11)17-3/h6-7,10,13,15H,4-5,8-9H2,1-3H3. The lowest BCUT2D eigenvalue weighted by Crippen LogP contribution is -2.35. The normalized spacial score (nSPS) is 18.6. The maximum Gasteiger partial charge on any atom is 0.125 e. The second-order valence-corrected chi connectivity index (χ2v) is 4.39. The molecule has 2 rings (SSSR count). The van der Waals surface area contributed by atoms with Gasteiger partial charge in [-0.05, 0) is 32.9 Å². The van der Waals surface area contributed by atoms with Crippen LogP contribution in [0.25, 0.3) is 0 Å². The average molecular weight is 234 g/mol. The van der Waals surface area contributed by atoms with Gasteiger partial charge in [0, 0.05) is 36.4 Å². The molecule has 0 saturated carbocycles. The smallest absolute Gasteiger partial charge is 0.125 e. The number of nitrogens with one attached hydrogen (secondary N) is 1. The lowest BCUT2D eigenvalue weighted by atomic mass is 9.96. The molecule has 0 aliphatic carbocycles. The summed E-state index contributed by atoms with van der Waals surface area (Å²) in [6, 6.07) is 7.03. The molecule has 1 unspecified atom stereocenters. The first kappa shape index (κ1) is 12.2. The maximum absolute atomic E-state index is 5.52. The first-order chi connectivity index (χ1) is 8.30. The predicted octanol–water partition coefficient (Wildman–Crippen LogP) is 2.58. The summed E-state index contributed by atoms with van der Waals surface area (Å²) in [5.41, 5.74) is 2.53.